The SMILES string of the molecule is COc1cccc(OC)c1CN(C(=N)N)c1ncccc1-c1ccccc1. The maximum absolute atomic E-state index is 8.13. The highest BCUT2D eigenvalue weighted by Gasteiger charge is 2.21. The molecule has 2 aromatic carbocycles. The lowest BCUT2D eigenvalue weighted by atomic mass is 10.1. The molecule has 3 aromatic rings. The van der Waals surface area contributed by atoms with Crippen LogP contribution in [0.25, 0.3) is 11.1 Å². The van der Waals surface area contributed by atoms with Gasteiger partial charge in [0, 0.05) is 11.8 Å². The van der Waals surface area contributed by atoms with Crippen molar-refractivity contribution in [1.82, 2.24) is 4.98 Å². The zero-order valence-corrected chi connectivity index (χ0v) is 15.3. The number of nitrogens with zero attached hydrogens (tertiary/aromatic N) is 2. The highest BCUT2D eigenvalue weighted by molar-refractivity contribution is 5.95. The van der Waals surface area contributed by atoms with E-state index in [0.717, 1.165) is 16.7 Å². The van der Waals surface area contributed by atoms with Crippen LogP contribution in [0.1, 0.15) is 5.56 Å². The van der Waals surface area contributed by atoms with E-state index in [4.69, 9.17) is 20.6 Å². The van der Waals surface area contributed by atoms with E-state index in [2.05, 4.69) is 4.98 Å². The highest BCUT2D eigenvalue weighted by Crippen LogP contribution is 2.34. The van der Waals surface area contributed by atoms with Gasteiger partial charge in [0.2, 0.25) is 0 Å². The molecule has 3 rings (SSSR count). The Balaban J connectivity index is 2.09. The molecule has 6 heteroatoms. The number of methoxy groups -OCH3 is 2. The fourth-order valence-electron chi connectivity index (χ4n) is 2.97. The van der Waals surface area contributed by atoms with E-state index in [0.29, 0.717) is 23.9 Å². The number of hydrogen-bond acceptors (Lipinski definition) is 4. The van der Waals surface area contributed by atoms with E-state index in [-0.39, 0.29) is 5.96 Å². The molecule has 27 heavy (non-hydrogen) atoms. The van der Waals surface area contributed by atoms with Crippen molar-refractivity contribution in [2.75, 3.05) is 19.1 Å². The molecule has 0 fully saturated rings. The monoisotopic (exact) mass is 362 g/mol. The van der Waals surface area contributed by atoms with Crippen molar-refractivity contribution < 1.29 is 9.47 Å². The number of ether oxygens (including phenoxy) is 2. The Hall–Kier alpha value is -3.54. The van der Waals surface area contributed by atoms with E-state index >= 15 is 0 Å². The average Bonchev–Trinajstić information content (AvgIpc) is 2.72. The molecule has 0 spiro atoms. The van der Waals surface area contributed by atoms with Gasteiger partial charge in [-0.2, -0.15) is 0 Å². The van der Waals surface area contributed by atoms with Crippen molar-refractivity contribution >= 4 is 11.8 Å². The molecule has 138 valence electrons. The van der Waals surface area contributed by atoms with Crippen molar-refractivity contribution in [2.45, 2.75) is 6.54 Å². The molecule has 1 aromatic heterocycles. The average molecular weight is 362 g/mol. The minimum atomic E-state index is -0.112. The van der Waals surface area contributed by atoms with E-state index < -0.39 is 0 Å². The van der Waals surface area contributed by atoms with Crippen molar-refractivity contribution in [3.8, 4) is 22.6 Å². The van der Waals surface area contributed by atoms with Crippen molar-refractivity contribution in [3.63, 3.8) is 0 Å². The number of guanidine groups is 1. The number of aromatic nitrogens is 1. The highest BCUT2D eigenvalue weighted by atomic mass is 16.5. The standard InChI is InChI=1S/C21H22N4O2/c1-26-18-11-6-12-19(27-2)17(18)14-25(21(22)23)20-16(10-7-13-24-20)15-8-4-3-5-9-15/h3-13H,14H2,1-2H3,(H3,22,23). The van der Waals surface area contributed by atoms with Crippen molar-refractivity contribution in [3.05, 3.63) is 72.4 Å². The molecule has 0 aliphatic carbocycles. The molecule has 6 nitrogen and oxygen atoms in total. The smallest absolute Gasteiger partial charge is 0.194 e. The fourth-order valence-corrected chi connectivity index (χ4v) is 2.97. The molecule has 1 heterocycles. The van der Waals surface area contributed by atoms with Gasteiger partial charge in [-0.25, -0.2) is 4.98 Å². The second-order valence-electron chi connectivity index (χ2n) is 5.85. The van der Waals surface area contributed by atoms with E-state index in [1.54, 1.807) is 25.3 Å². The summed E-state index contributed by atoms with van der Waals surface area (Å²) < 4.78 is 11.0. The molecule has 0 aliphatic heterocycles. The molecule has 0 amide bonds. The molecule has 0 bridgehead atoms. The molecule has 0 radical (unpaired) electrons. The Bertz CT molecular complexity index is 906. The molecule has 0 aliphatic rings. The fraction of sp³-hybridized carbons (Fsp3) is 0.143. The van der Waals surface area contributed by atoms with Gasteiger partial charge in [0.1, 0.15) is 17.3 Å². The Morgan fingerprint density at radius 3 is 2.22 bits per heavy atom. The summed E-state index contributed by atoms with van der Waals surface area (Å²) in [6.45, 7) is 0.291. The van der Waals surface area contributed by atoms with Crippen LogP contribution < -0.4 is 20.1 Å². The lowest BCUT2D eigenvalue weighted by molar-refractivity contribution is 0.385. The predicted molar refractivity (Wildman–Crippen MR) is 107 cm³/mol. The minimum Gasteiger partial charge on any atom is -0.496 e. The number of benzene rings is 2. The van der Waals surface area contributed by atoms with Crippen LogP contribution in [0.2, 0.25) is 0 Å². The van der Waals surface area contributed by atoms with Gasteiger partial charge in [-0.3, -0.25) is 10.3 Å². The van der Waals surface area contributed by atoms with Crippen LogP contribution >= 0.6 is 0 Å². The molecule has 0 atom stereocenters. The first-order chi connectivity index (χ1) is 13.2. The summed E-state index contributed by atoms with van der Waals surface area (Å²) in [4.78, 5) is 6.15. The van der Waals surface area contributed by atoms with Crippen LogP contribution in [-0.4, -0.2) is 25.2 Å². The van der Waals surface area contributed by atoms with Gasteiger partial charge in [0.25, 0.3) is 0 Å². The van der Waals surface area contributed by atoms with Gasteiger partial charge in [-0.05, 0) is 29.8 Å². The van der Waals surface area contributed by atoms with Gasteiger partial charge in [0.15, 0.2) is 5.96 Å². The van der Waals surface area contributed by atoms with E-state index in [1.165, 1.54) is 0 Å². The molecular formula is C21H22N4O2. The Morgan fingerprint density at radius 1 is 0.963 bits per heavy atom. The normalized spacial score (nSPS) is 10.3. The van der Waals surface area contributed by atoms with Crippen molar-refractivity contribution in [1.29, 1.82) is 5.41 Å². The quantitative estimate of drug-likeness (QED) is 0.516. The number of pyridine rings is 1. The Kier molecular flexibility index (Phi) is 5.56. The first-order valence-corrected chi connectivity index (χ1v) is 8.47. The molecule has 0 saturated carbocycles. The zero-order valence-electron chi connectivity index (χ0n) is 15.3. The Morgan fingerprint density at radius 2 is 1.63 bits per heavy atom. The van der Waals surface area contributed by atoms with E-state index in [9.17, 15) is 0 Å². The van der Waals surface area contributed by atoms with Gasteiger partial charge < -0.3 is 15.2 Å². The largest absolute Gasteiger partial charge is 0.496 e. The molecule has 0 unspecified atom stereocenters. The van der Waals surface area contributed by atoms with Crippen molar-refractivity contribution in [2.24, 2.45) is 5.73 Å². The molecule has 3 N–H and O–H groups in total. The lowest BCUT2D eigenvalue weighted by Gasteiger charge is -2.26. The summed E-state index contributed by atoms with van der Waals surface area (Å²) in [6, 6.07) is 19.3. The van der Waals surface area contributed by atoms with Crippen LogP contribution in [0.5, 0.6) is 11.5 Å². The second-order valence-corrected chi connectivity index (χ2v) is 5.85. The third-order valence-electron chi connectivity index (χ3n) is 4.26. The van der Waals surface area contributed by atoms with Crippen LogP contribution in [0.4, 0.5) is 5.82 Å². The minimum absolute atomic E-state index is 0.112. The van der Waals surface area contributed by atoms with Crippen LogP contribution in [0, 0.1) is 5.41 Å². The Labute approximate surface area is 158 Å². The summed E-state index contributed by atoms with van der Waals surface area (Å²) in [5.41, 5.74) is 8.62. The van der Waals surface area contributed by atoms with E-state index in [1.807, 2.05) is 60.7 Å². The number of nitrogens with one attached hydrogen (secondary N) is 1. The topological polar surface area (TPSA) is 84.5 Å². The third-order valence-corrected chi connectivity index (χ3v) is 4.26. The number of nitrogens with two attached hydrogens (primary N) is 1. The molecule has 0 saturated heterocycles. The zero-order chi connectivity index (χ0) is 19.2. The number of anilines is 1. The predicted octanol–water partition coefficient (Wildman–Crippen LogP) is 3.67. The van der Waals surface area contributed by atoms with Gasteiger partial charge in [-0.1, -0.05) is 36.4 Å². The van der Waals surface area contributed by atoms with Gasteiger partial charge >= 0.3 is 0 Å². The summed E-state index contributed by atoms with van der Waals surface area (Å²) in [6.07, 6.45) is 1.69. The van der Waals surface area contributed by atoms with Crippen LogP contribution in [0.15, 0.2) is 66.9 Å². The van der Waals surface area contributed by atoms with Crippen LogP contribution in [0.3, 0.4) is 0 Å². The summed E-state index contributed by atoms with van der Waals surface area (Å²) in [7, 11) is 3.21. The number of rotatable bonds is 6. The maximum Gasteiger partial charge on any atom is 0.194 e. The maximum atomic E-state index is 8.13. The third kappa shape index (κ3) is 3.84. The summed E-state index contributed by atoms with van der Waals surface area (Å²) in [5.74, 6) is 1.82. The first kappa shape index (κ1) is 18.3. The van der Waals surface area contributed by atoms with Crippen LogP contribution in [-0.2, 0) is 6.54 Å². The second kappa shape index (κ2) is 8.23. The van der Waals surface area contributed by atoms with Gasteiger partial charge in [0.05, 0.1) is 26.3 Å². The lowest BCUT2D eigenvalue weighted by Crippen LogP contribution is -2.37. The summed E-state index contributed by atoms with van der Waals surface area (Å²) >= 11 is 0. The van der Waals surface area contributed by atoms with Gasteiger partial charge in [-0.15, -0.1) is 0 Å². The number of hydrogen-bond donors (Lipinski definition) is 2. The summed E-state index contributed by atoms with van der Waals surface area (Å²) in [5, 5.41) is 8.13. The molecular weight excluding hydrogens is 340 g/mol. The first-order valence-electron chi connectivity index (χ1n) is 8.47.